The predicted molar refractivity (Wildman–Crippen MR) is 135 cm³/mol. The lowest BCUT2D eigenvalue weighted by molar-refractivity contribution is -0.118. The lowest BCUT2D eigenvalue weighted by Crippen LogP contribution is -2.10. The molecule has 0 amide bonds. The van der Waals surface area contributed by atoms with Crippen LogP contribution < -0.4 is 9.47 Å². The van der Waals surface area contributed by atoms with Crippen LogP contribution in [0.4, 0.5) is 0 Å². The average molecular weight is 463 g/mol. The second kappa shape index (κ2) is 18.4. The maximum absolute atomic E-state index is 12.5. The van der Waals surface area contributed by atoms with E-state index in [4.69, 9.17) is 9.47 Å². The highest BCUT2D eigenvalue weighted by molar-refractivity contribution is 6.11. The lowest BCUT2D eigenvalue weighted by atomic mass is 10.00. The Kier molecular flexibility index (Phi) is 16.2. The Labute approximate surface area is 201 Å². The first-order valence-electron chi connectivity index (χ1n) is 13.0. The number of ketones is 2. The molecule has 1 N–H and O–H groups in total. The van der Waals surface area contributed by atoms with Crippen LogP contribution >= 0.6 is 0 Å². The smallest absolute Gasteiger partial charge is 0.177 e. The molecule has 1 rings (SSSR count). The number of ether oxygens (including phenoxy) is 2. The third-order valence-electron chi connectivity index (χ3n) is 6.21. The fourth-order valence-corrected chi connectivity index (χ4v) is 4.18. The van der Waals surface area contributed by atoms with E-state index in [1.807, 2.05) is 0 Å². The van der Waals surface area contributed by atoms with Gasteiger partial charge in [0.1, 0.15) is 28.6 Å². The monoisotopic (exact) mass is 462 g/mol. The lowest BCUT2D eigenvalue weighted by Gasteiger charge is -2.11. The van der Waals surface area contributed by atoms with Gasteiger partial charge in [-0.3, -0.25) is 9.59 Å². The first kappa shape index (κ1) is 29.0. The zero-order valence-electron chi connectivity index (χ0n) is 21.3. The normalized spacial score (nSPS) is 10.9. The van der Waals surface area contributed by atoms with Crippen LogP contribution in [0.3, 0.4) is 0 Å². The van der Waals surface area contributed by atoms with Crippen LogP contribution in [0, 0.1) is 0 Å². The molecule has 0 aromatic heterocycles. The molecule has 0 atom stereocenters. The Bertz CT molecular complexity index is 683. The summed E-state index contributed by atoms with van der Waals surface area (Å²) in [6.07, 6.45) is 19.4. The molecule has 0 saturated heterocycles. The minimum absolute atomic E-state index is 0.0446. The Hall–Kier alpha value is -2.04. The highest BCUT2D eigenvalue weighted by Gasteiger charge is 2.21. The predicted octanol–water partition coefficient (Wildman–Crippen LogP) is 7.81. The van der Waals surface area contributed by atoms with Crippen LogP contribution in [0.25, 0.3) is 0 Å². The van der Waals surface area contributed by atoms with Crippen molar-refractivity contribution in [1.82, 2.24) is 0 Å². The molecule has 0 aliphatic rings. The van der Waals surface area contributed by atoms with Gasteiger partial charge in [-0.1, -0.05) is 96.8 Å². The number of benzene rings is 1. The molecular weight excluding hydrogens is 416 g/mol. The van der Waals surface area contributed by atoms with Crippen LogP contribution in [-0.4, -0.2) is 30.9 Å². The summed E-state index contributed by atoms with van der Waals surface area (Å²) in [5.41, 5.74) is 0.0446. The van der Waals surface area contributed by atoms with E-state index in [1.165, 1.54) is 103 Å². The van der Waals surface area contributed by atoms with Crippen LogP contribution in [0.5, 0.6) is 17.2 Å². The number of unbranched alkanes of at least 4 members (excludes halogenated alkanes) is 14. The van der Waals surface area contributed by atoms with Gasteiger partial charge in [-0.05, 0) is 6.42 Å². The molecular formula is C28H46O5. The quantitative estimate of drug-likeness (QED) is 0.115. The number of carbonyl (C=O) groups is 2. The summed E-state index contributed by atoms with van der Waals surface area (Å²) in [4.78, 5) is 24.7. The van der Waals surface area contributed by atoms with Crippen LogP contribution in [0.1, 0.15) is 126 Å². The summed E-state index contributed by atoms with van der Waals surface area (Å²) >= 11 is 0. The second-order valence-corrected chi connectivity index (χ2v) is 9.06. The molecule has 1 aromatic rings. The maximum Gasteiger partial charge on any atom is 0.177 e. The number of carbonyl (C=O) groups excluding carboxylic acids is 2. The van der Waals surface area contributed by atoms with Crippen molar-refractivity contribution in [2.24, 2.45) is 0 Å². The van der Waals surface area contributed by atoms with Crippen molar-refractivity contribution in [2.75, 3.05) is 14.2 Å². The Balaban J connectivity index is 2.08. The van der Waals surface area contributed by atoms with Crippen LogP contribution in [-0.2, 0) is 4.79 Å². The molecule has 0 aliphatic heterocycles. The molecule has 0 bridgehead atoms. The van der Waals surface area contributed by atoms with Gasteiger partial charge in [-0.15, -0.1) is 0 Å². The SMILES string of the molecule is CCCCCCCCCCCCCCCCCC(=O)CC(=O)c1c(O)cc(OC)cc1OC. The second-order valence-electron chi connectivity index (χ2n) is 9.06. The van der Waals surface area contributed by atoms with Gasteiger partial charge in [-0.25, -0.2) is 0 Å². The van der Waals surface area contributed by atoms with Gasteiger partial charge < -0.3 is 14.6 Å². The van der Waals surface area contributed by atoms with E-state index < -0.39 is 5.78 Å². The van der Waals surface area contributed by atoms with Crippen LogP contribution in [0.15, 0.2) is 12.1 Å². The molecule has 0 heterocycles. The minimum atomic E-state index is -0.419. The summed E-state index contributed by atoms with van der Waals surface area (Å²) in [5.74, 6) is -0.123. The van der Waals surface area contributed by atoms with Gasteiger partial charge in [0.2, 0.25) is 0 Å². The third kappa shape index (κ3) is 12.7. The number of rotatable bonds is 21. The molecule has 1 aromatic carbocycles. The fourth-order valence-electron chi connectivity index (χ4n) is 4.18. The number of phenols is 1. The number of hydrogen-bond acceptors (Lipinski definition) is 5. The molecule has 0 spiro atoms. The highest BCUT2D eigenvalue weighted by Crippen LogP contribution is 2.34. The molecule has 0 fully saturated rings. The Morgan fingerprint density at radius 1 is 0.727 bits per heavy atom. The number of aromatic hydroxyl groups is 1. The average Bonchev–Trinajstić information content (AvgIpc) is 2.80. The molecule has 5 heteroatoms. The largest absolute Gasteiger partial charge is 0.507 e. The molecule has 188 valence electrons. The topological polar surface area (TPSA) is 72.8 Å². The highest BCUT2D eigenvalue weighted by atomic mass is 16.5. The van der Waals surface area contributed by atoms with Gasteiger partial charge in [0, 0.05) is 18.6 Å². The zero-order valence-corrected chi connectivity index (χ0v) is 21.3. The summed E-state index contributed by atoms with van der Waals surface area (Å²) in [7, 11) is 2.89. The standard InChI is InChI=1S/C28H46O5/c1-4-5-6-7-8-9-10-11-12-13-14-15-16-17-18-19-23(29)20-25(30)28-26(31)21-24(32-2)22-27(28)33-3/h21-22,31H,4-20H2,1-3H3. The Morgan fingerprint density at radius 3 is 1.67 bits per heavy atom. The molecule has 0 radical (unpaired) electrons. The third-order valence-corrected chi connectivity index (χ3v) is 6.21. The minimum Gasteiger partial charge on any atom is -0.507 e. The van der Waals surface area contributed by atoms with E-state index in [-0.39, 0.29) is 29.3 Å². The molecule has 0 aliphatic carbocycles. The summed E-state index contributed by atoms with van der Waals surface area (Å²) in [6.45, 7) is 2.26. The van der Waals surface area contributed by atoms with Crippen molar-refractivity contribution in [1.29, 1.82) is 0 Å². The van der Waals surface area contributed by atoms with E-state index in [0.717, 1.165) is 19.3 Å². The van der Waals surface area contributed by atoms with Gasteiger partial charge in [0.25, 0.3) is 0 Å². The van der Waals surface area contributed by atoms with E-state index in [1.54, 1.807) is 0 Å². The summed E-state index contributed by atoms with van der Waals surface area (Å²) in [5, 5.41) is 10.1. The van der Waals surface area contributed by atoms with E-state index in [2.05, 4.69) is 6.92 Å². The molecule has 33 heavy (non-hydrogen) atoms. The van der Waals surface area contributed by atoms with Crippen molar-refractivity contribution in [2.45, 2.75) is 116 Å². The fraction of sp³-hybridized carbons (Fsp3) is 0.714. The molecule has 5 nitrogen and oxygen atoms in total. The van der Waals surface area contributed by atoms with Gasteiger partial charge in [0.15, 0.2) is 5.78 Å². The Morgan fingerprint density at radius 2 is 1.21 bits per heavy atom. The number of phenolic OH excluding ortho intramolecular Hbond substituents is 1. The maximum atomic E-state index is 12.5. The van der Waals surface area contributed by atoms with E-state index in [9.17, 15) is 14.7 Å². The van der Waals surface area contributed by atoms with Crippen molar-refractivity contribution in [3.05, 3.63) is 17.7 Å². The zero-order chi connectivity index (χ0) is 24.3. The summed E-state index contributed by atoms with van der Waals surface area (Å²) in [6, 6.07) is 2.89. The first-order valence-corrected chi connectivity index (χ1v) is 13.0. The van der Waals surface area contributed by atoms with Crippen molar-refractivity contribution >= 4 is 11.6 Å². The molecule has 0 unspecified atom stereocenters. The van der Waals surface area contributed by atoms with Gasteiger partial charge >= 0.3 is 0 Å². The van der Waals surface area contributed by atoms with Crippen molar-refractivity contribution in [3.63, 3.8) is 0 Å². The number of Topliss-reactive ketones (excluding diaryl/α,β-unsaturated/α-hetero) is 2. The van der Waals surface area contributed by atoms with E-state index >= 15 is 0 Å². The van der Waals surface area contributed by atoms with Gasteiger partial charge in [0.05, 0.1) is 20.6 Å². The number of methoxy groups -OCH3 is 2. The first-order chi connectivity index (χ1) is 16.0. The van der Waals surface area contributed by atoms with Crippen molar-refractivity contribution in [3.8, 4) is 17.2 Å². The summed E-state index contributed by atoms with van der Waals surface area (Å²) < 4.78 is 10.3. The number of hydrogen-bond donors (Lipinski definition) is 1. The van der Waals surface area contributed by atoms with E-state index in [0.29, 0.717) is 12.2 Å². The van der Waals surface area contributed by atoms with Crippen LogP contribution in [0.2, 0.25) is 0 Å². The molecule has 0 saturated carbocycles. The van der Waals surface area contributed by atoms with Crippen molar-refractivity contribution < 1.29 is 24.2 Å². The van der Waals surface area contributed by atoms with Gasteiger partial charge in [-0.2, -0.15) is 0 Å².